The summed E-state index contributed by atoms with van der Waals surface area (Å²) in [5.41, 5.74) is 0.718. The van der Waals surface area contributed by atoms with Gasteiger partial charge < -0.3 is 9.64 Å². The maximum atomic E-state index is 12.3. The average Bonchev–Trinajstić information content (AvgIpc) is 2.36. The molecular weight excluding hydrogens is 282 g/mol. The first-order valence-electron chi connectivity index (χ1n) is 7.40. The Morgan fingerprint density at radius 3 is 2.18 bits per heavy atom. The lowest BCUT2D eigenvalue weighted by Crippen LogP contribution is -2.46. The number of nitrogens with zero attached hydrogens (tertiary/aromatic N) is 1. The van der Waals surface area contributed by atoms with E-state index in [0.29, 0.717) is 12.6 Å². The van der Waals surface area contributed by atoms with Gasteiger partial charge in [0, 0.05) is 12.6 Å². The summed E-state index contributed by atoms with van der Waals surface area (Å²) >= 11 is 0. The van der Waals surface area contributed by atoms with Crippen molar-refractivity contribution in [1.82, 2.24) is 4.90 Å². The smallest absolute Gasteiger partial charge is 0.410 e. The summed E-state index contributed by atoms with van der Waals surface area (Å²) in [6.45, 7) is 6.37. The van der Waals surface area contributed by atoms with Gasteiger partial charge in [-0.3, -0.25) is 0 Å². The number of amides is 1. The largest absolute Gasteiger partial charge is 0.444 e. The molecule has 120 valence electrons. The summed E-state index contributed by atoms with van der Waals surface area (Å²) in [6, 6.07) is 10.4. The molecule has 0 spiro atoms. The van der Waals surface area contributed by atoms with E-state index in [1.54, 1.807) is 0 Å². The molecule has 0 N–H and O–H groups in total. The van der Waals surface area contributed by atoms with Gasteiger partial charge >= 0.3 is 12.2 Å². The van der Waals surface area contributed by atoms with Gasteiger partial charge in [0.1, 0.15) is 5.60 Å². The Labute approximate surface area is 131 Å². The van der Waals surface area contributed by atoms with Crippen molar-refractivity contribution in [3.05, 3.63) is 35.9 Å². The molecular formula is C17H23NO4. The van der Waals surface area contributed by atoms with E-state index in [9.17, 15) is 4.79 Å². The topological polar surface area (TPSA) is 63.7 Å². The average molecular weight is 305 g/mol. The Morgan fingerprint density at radius 1 is 1.23 bits per heavy atom. The van der Waals surface area contributed by atoms with E-state index in [-0.39, 0.29) is 12.2 Å². The van der Waals surface area contributed by atoms with Crippen molar-refractivity contribution in [1.29, 1.82) is 0 Å². The lowest BCUT2D eigenvalue weighted by Gasteiger charge is -2.38. The summed E-state index contributed by atoms with van der Waals surface area (Å²) < 4.78 is 5.52. The third kappa shape index (κ3) is 6.10. The molecule has 0 aromatic heterocycles. The Hall–Kier alpha value is -2.13. The molecule has 1 saturated carbocycles. The fraction of sp³-hybridized carbons (Fsp3) is 0.529. The van der Waals surface area contributed by atoms with Crippen LogP contribution in [-0.2, 0) is 20.9 Å². The molecule has 1 aliphatic rings. The highest BCUT2D eigenvalue weighted by Gasteiger charge is 2.31. The van der Waals surface area contributed by atoms with Crippen LogP contribution in [0.4, 0.5) is 4.79 Å². The molecule has 0 saturated heterocycles. The molecule has 0 radical (unpaired) electrons. The number of ether oxygens (including phenoxy) is 1. The first-order chi connectivity index (χ1) is 10.4. The highest BCUT2D eigenvalue weighted by molar-refractivity contribution is 5.68. The lowest BCUT2D eigenvalue weighted by atomic mass is 9.91. The standard InChI is InChI=1S/C16H23NO2.CO2/c1-16(2,3)19-15(18)17(14-10-7-11-14)12-13-8-5-4-6-9-13;2-1-3/h4-6,8-9,14H,7,10-12H2,1-3H3;. The van der Waals surface area contributed by atoms with Crippen LogP contribution in [0.5, 0.6) is 0 Å². The van der Waals surface area contributed by atoms with Crippen molar-refractivity contribution in [3.8, 4) is 0 Å². The SMILES string of the molecule is CC(C)(C)OC(=O)N(Cc1ccccc1)C1CCC1.O=C=O. The quantitative estimate of drug-likeness (QED) is 0.858. The number of carbonyl (C=O) groups is 1. The monoisotopic (exact) mass is 305 g/mol. The van der Waals surface area contributed by atoms with Crippen molar-refractivity contribution in [2.24, 2.45) is 0 Å². The molecule has 1 aromatic rings. The van der Waals surface area contributed by atoms with Crippen molar-refractivity contribution in [2.75, 3.05) is 0 Å². The number of hydrogen-bond acceptors (Lipinski definition) is 4. The Balaban J connectivity index is 0.000000745. The predicted octanol–water partition coefficient (Wildman–Crippen LogP) is 3.39. The van der Waals surface area contributed by atoms with E-state index in [2.05, 4.69) is 12.1 Å². The van der Waals surface area contributed by atoms with E-state index in [1.165, 1.54) is 6.42 Å². The molecule has 0 aliphatic heterocycles. The summed E-state index contributed by atoms with van der Waals surface area (Å²) in [4.78, 5) is 30.4. The molecule has 2 rings (SSSR count). The Kier molecular flexibility index (Phi) is 6.80. The Morgan fingerprint density at radius 2 is 1.77 bits per heavy atom. The first kappa shape index (κ1) is 17.9. The van der Waals surface area contributed by atoms with Crippen LogP contribution in [0.2, 0.25) is 0 Å². The maximum Gasteiger partial charge on any atom is 0.410 e. The minimum atomic E-state index is -0.435. The molecule has 0 unspecified atom stereocenters. The first-order valence-corrected chi connectivity index (χ1v) is 7.40. The highest BCUT2D eigenvalue weighted by atomic mass is 16.6. The van der Waals surface area contributed by atoms with Gasteiger partial charge in [-0.2, -0.15) is 9.59 Å². The summed E-state index contributed by atoms with van der Waals surface area (Å²) in [5.74, 6) is 0. The second-order valence-corrected chi connectivity index (χ2v) is 6.26. The van der Waals surface area contributed by atoms with Crippen LogP contribution in [-0.4, -0.2) is 28.8 Å². The Bertz CT molecular complexity index is 497. The third-order valence-electron chi connectivity index (χ3n) is 3.34. The second-order valence-electron chi connectivity index (χ2n) is 6.26. The molecule has 1 aromatic carbocycles. The molecule has 22 heavy (non-hydrogen) atoms. The molecule has 0 heterocycles. The minimum Gasteiger partial charge on any atom is -0.444 e. The van der Waals surface area contributed by atoms with E-state index in [1.807, 2.05) is 43.9 Å². The minimum absolute atomic E-state index is 0.193. The van der Waals surface area contributed by atoms with Crippen molar-refractivity contribution >= 4 is 12.2 Å². The summed E-state index contributed by atoms with van der Waals surface area (Å²) in [7, 11) is 0. The summed E-state index contributed by atoms with van der Waals surface area (Å²) in [5, 5.41) is 0. The van der Waals surface area contributed by atoms with Gasteiger partial charge in [0.15, 0.2) is 0 Å². The van der Waals surface area contributed by atoms with Crippen molar-refractivity contribution in [2.45, 2.75) is 58.2 Å². The number of benzene rings is 1. The zero-order valence-electron chi connectivity index (χ0n) is 13.4. The zero-order valence-corrected chi connectivity index (χ0v) is 13.4. The summed E-state index contributed by atoms with van der Waals surface area (Å²) in [6.07, 6.45) is 3.44. The fourth-order valence-corrected chi connectivity index (χ4v) is 2.14. The molecule has 0 bridgehead atoms. The normalized spacial score (nSPS) is 14.0. The van der Waals surface area contributed by atoms with Crippen molar-refractivity contribution in [3.63, 3.8) is 0 Å². The van der Waals surface area contributed by atoms with Gasteiger partial charge in [0.25, 0.3) is 0 Å². The number of carbonyl (C=O) groups excluding carboxylic acids is 3. The molecule has 5 heteroatoms. The molecule has 1 aliphatic carbocycles. The van der Waals surface area contributed by atoms with Crippen LogP contribution < -0.4 is 0 Å². The van der Waals surface area contributed by atoms with E-state index in [0.717, 1.165) is 18.4 Å². The van der Waals surface area contributed by atoms with Crippen LogP contribution in [0.25, 0.3) is 0 Å². The molecule has 1 amide bonds. The van der Waals surface area contributed by atoms with E-state index >= 15 is 0 Å². The van der Waals surface area contributed by atoms with Gasteiger partial charge in [-0.15, -0.1) is 0 Å². The van der Waals surface area contributed by atoms with Gasteiger partial charge in [-0.1, -0.05) is 30.3 Å². The molecule has 0 atom stereocenters. The van der Waals surface area contributed by atoms with Crippen molar-refractivity contribution < 1.29 is 19.1 Å². The van der Waals surface area contributed by atoms with Crippen LogP contribution in [0.1, 0.15) is 45.6 Å². The van der Waals surface area contributed by atoms with Gasteiger partial charge in [-0.05, 0) is 45.6 Å². The van der Waals surface area contributed by atoms with E-state index in [4.69, 9.17) is 14.3 Å². The lowest BCUT2D eigenvalue weighted by molar-refractivity contribution is -0.191. The molecule has 5 nitrogen and oxygen atoms in total. The van der Waals surface area contributed by atoms with Gasteiger partial charge in [0.2, 0.25) is 0 Å². The highest BCUT2D eigenvalue weighted by Crippen LogP contribution is 2.27. The zero-order chi connectivity index (χ0) is 16.6. The van der Waals surface area contributed by atoms with Gasteiger partial charge in [0.05, 0.1) is 0 Å². The van der Waals surface area contributed by atoms with Crippen LogP contribution in [0.3, 0.4) is 0 Å². The maximum absolute atomic E-state index is 12.3. The fourth-order valence-electron chi connectivity index (χ4n) is 2.14. The third-order valence-corrected chi connectivity index (χ3v) is 3.34. The second kappa shape index (κ2) is 8.35. The number of hydrogen-bond donors (Lipinski definition) is 0. The van der Waals surface area contributed by atoms with Crippen LogP contribution >= 0.6 is 0 Å². The van der Waals surface area contributed by atoms with Crippen LogP contribution in [0.15, 0.2) is 30.3 Å². The molecule has 1 fully saturated rings. The predicted molar refractivity (Wildman–Crippen MR) is 80.9 cm³/mol. The van der Waals surface area contributed by atoms with Crippen LogP contribution in [0, 0.1) is 0 Å². The number of rotatable bonds is 3. The van der Waals surface area contributed by atoms with Gasteiger partial charge in [-0.25, -0.2) is 4.79 Å². The van der Waals surface area contributed by atoms with E-state index < -0.39 is 5.60 Å².